The quantitative estimate of drug-likeness (QED) is 0.905. The number of nitrogens with zero attached hydrogens (tertiary/aromatic N) is 1. The molecule has 17 heavy (non-hydrogen) atoms. The number of benzene rings is 1. The van der Waals surface area contributed by atoms with Gasteiger partial charge in [0.1, 0.15) is 11.5 Å². The molecule has 0 fully saturated rings. The van der Waals surface area contributed by atoms with Crippen molar-refractivity contribution >= 4 is 11.3 Å². The average molecular weight is 249 g/mol. The molecule has 4 heteroatoms. The Morgan fingerprint density at radius 2 is 2.12 bits per heavy atom. The van der Waals surface area contributed by atoms with Crippen LogP contribution in [0.1, 0.15) is 16.1 Å². The van der Waals surface area contributed by atoms with Gasteiger partial charge >= 0.3 is 0 Å². The summed E-state index contributed by atoms with van der Waals surface area (Å²) < 4.78 is 5.61. The molecule has 0 aliphatic heterocycles. The van der Waals surface area contributed by atoms with Crippen LogP contribution in [-0.4, -0.2) is 16.7 Å². The van der Waals surface area contributed by atoms with E-state index in [1.165, 1.54) is 4.88 Å². The van der Waals surface area contributed by atoms with Gasteiger partial charge in [-0.15, -0.1) is 11.3 Å². The van der Waals surface area contributed by atoms with Gasteiger partial charge < -0.3 is 9.84 Å². The van der Waals surface area contributed by atoms with E-state index in [2.05, 4.69) is 4.98 Å². The van der Waals surface area contributed by atoms with E-state index in [1.54, 1.807) is 23.5 Å². The van der Waals surface area contributed by atoms with Crippen molar-refractivity contribution in [3.05, 3.63) is 39.8 Å². The molecule has 0 aliphatic carbocycles. The van der Waals surface area contributed by atoms with Crippen LogP contribution in [0.4, 0.5) is 0 Å². The van der Waals surface area contributed by atoms with Crippen LogP contribution in [0.2, 0.25) is 0 Å². The summed E-state index contributed by atoms with van der Waals surface area (Å²) in [6.07, 6.45) is 0.852. The monoisotopic (exact) mass is 249 g/mol. The van der Waals surface area contributed by atoms with Crippen LogP contribution in [-0.2, 0) is 6.42 Å². The number of thiazole rings is 1. The summed E-state index contributed by atoms with van der Waals surface area (Å²) in [5.41, 5.74) is 3.92. The van der Waals surface area contributed by atoms with Gasteiger partial charge in [-0.1, -0.05) is 0 Å². The van der Waals surface area contributed by atoms with Gasteiger partial charge in [0.05, 0.1) is 17.8 Å². The third-order valence-electron chi connectivity index (χ3n) is 2.48. The van der Waals surface area contributed by atoms with Crippen molar-refractivity contribution in [3.63, 3.8) is 0 Å². The van der Waals surface area contributed by atoms with Crippen LogP contribution < -0.4 is 4.74 Å². The van der Waals surface area contributed by atoms with Crippen LogP contribution in [0, 0.1) is 13.8 Å². The Hall–Kier alpha value is -1.55. The minimum absolute atomic E-state index is 0.244. The number of aromatic hydroxyl groups is 1. The average Bonchev–Trinajstić information content (AvgIpc) is 2.63. The van der Waals surface area contributed by atoms with E-state index in [-0.39, 0.29) is 5.75 Å². The molecule has 2 rings (SSSR count). The summed E-state index contributed by atoms with van der Waals surface area (Å²) >= 11 is 1.65. The van der Waals surface area contributed by atoms with Gasteiger partial charge in [-0.2, -0.15) is 0 Å². The molecular weight excluding hydrogens is 234 g/mol. The van der Waals surface area contributed by atoms with E-state index in [0.717, 1.165) is 17.7 Å². The number of hydrogen-bond acceptors (Lipinski definition) is 4. The molecule has 0 radical (unpaired) electrons. The van der Waals surface area contributed by atoms with Gasteiger partial charge in [-0.05, 0) is 31.5 Å². The summed E-state index contributed by atoms with van der Waals surface area (Å²) in [6.45, 7) is 4.54. The number of ether oxygens (including phenoxy) is 1. The summed E-state index contributed by atoms with van der Waals surface area (Å²) in [4.78, 5) is 5.45. The normalized spacial score (nSPS) is 10.5. The fourth-order valence-electron chi connectivity index (χ4n) is 1.64. The van der Waals surface area contributed by atoms with Gasteiger partial charge in [0.15, 0.2) is 0 Å². The maximum atomic E-state index is 9.43. The van der Waals surface area contributed by atoms with E-state index < -0.39 is 0 Å². The van der Waals surface area contributed by atoms with Gasteiger partial charge in [0, 0.05) is 17.4 Å². The van der Waals surface area contributed by atoms with Crippen molar-refractivity contribution in [1.82, 2.24) is 4.98 Å². The van der Waals surface area contributed by atoms with Crippen LogP contribution in [0.25, 0.3) is 0 Å². The molecule has 0 aliphatic rings. The Kier molecular flexibility index (Phi) is 3.64. The molecule has 1 aromatic carbocycles. The SMILES string of the molecule is Cc1cc(O)cc(OCCc2scnc2C)c1. The lowest BCUT2D eigenvalue weighted by Crippen LogP contribution is -2.01. The topological polar surface area (TPSA) is 42.4 Å². The third kappa shape index (κ3) is 3.20. The van der Waals surface area contributed by atoms with Crippen molar-refractivity contribution in [2.75, 3.05) is 6.61 Å². The molecule has 3 nitrogen and oxygen atoms in total. The molecule has 1 heterocycles. The summed E-state index contributed by atoms with van der Waals surface area (Å²) in [7, 11) is 0. The van der Waals surface area contributed by atoms with E-state index in [9.17, 15) is 5.11 Å². The highest BCUT2D eigenvalue weighted by Crippen LogP contribution is 2.21. The minimum atomic E-state index is 0.244. The number of phenols is 1. The first-order chi connectivity index (χ1) is 8.15. The third-order valence-corrected chi connectivity index (χ3v) is 3.47. The Morgan fingerprint density at radius 1 is 1.29 bits per heavy atom. The summed E-state index contributed by atoms with van der Waals surface area (Å²) in [6, 6.07) is 5.26. The van der Waals surface area contributed by atoms with Gasteiger partial charge in [-0.3, -0.25) is 0 Å². The fraction of sp³-hybridized carbons (Fsp3) is 0.308. The number of aromatic nitrogens is 1. The molecule has 0 unspecified atom stereocenters. The molecule has 0 spiro atoms. The second-order valence-corrected chi connectivity index (χ2v) is 4.90. The number of aryl methyl sites for hydroxylation is 2. The van der Waals surface area contributed by atoms with Crippen LogP contribution in [0.15, 0.2) is 23.7 Å². The zero-order valence-corrected chi connectivity index (χ0v) is 10.8. The van der Waals surface area contributed by atoms with Gasteiger partial charge in [0.2, 0.25) is 0 Å². The van der Waals surface area contributed by atoms with E-state index in [4.69, 9.17) is 4.74 Å². The molecular formula is C13H15NO2S. The van der Waals surface area contributed by atoms with Crippen LogP contribution >= 0.6 is 11.3 Å². The van der Waals surface area contributed by atoms with Gasteiger partial charge in [0.25, 0.3) is 0 Å². The summed E-state index contributed by atoms with van der Waals surface area (Å²) in [5.74, 6) is 0.957. The standard InChI is InChI=1S/C13H15NO2S/c1-9-5-11(15)7-12(6-9)16-4-3-13-10(2)14-8-17-13/h5-8,15H,3-4H2,1-2H3. The zero-order valence-electron chi connectivity index (χ0n) is 9.93. The first-order valence-corrected chi connectivity index (χ1v) is 6.35. The highest BCUT2D eigenvalue weighted by atomic mass is 32.1. The van der Waals surface area contributed by atoms with Crippen molar-refractivity contribution in [1.29, 1.82) is 0 Å². The first-order valence-electron chi connectivity index (χ1n) is 5.47. The van der Waals surface area contributed by atoms with Crippen molar-refractivity contribution in [2.45, 2.75) is 20.3 Å². The van der Waals surface area contributed by atoms with E-state index in [1.807, 2.05) is 25.4 Å². The highest BCUT2D eigenvalue weighted by molar-refractivity contribution is 7.09. The fourth-order valence-corrected chi connectivity index (χ4v) is 2.40. The van der Waals surface area contributed by atoms with Crippen molar-refractivity contribution in [3.8, 4) is 11.5 Å². The van der Waals surface area contributed by atoms with Crippen LogP contribution in [0.3, 0.4) is 0 Å². The molecule has 90 valence electrons. The zero-order chi connectivity index (χ0) is 12.3. The van der Waals surface area contributed by atoms with Crippen molar-refractivity contribution in [2.24, 2.45) is 0 Å². The Balaban J connectivity index is 1.92. The van der Waals surface area contributed by atoms with Crippen molar-refractivity contribution < 1.29 is 9.84 Å². The molecule has 1 N–H and O–H groups in total. The molecule has 2 aromatic rings. The lowest BCUT2D eigenvalue weighted by molar-refractivity contribution is 0.320. The highest BCUT2D eigenvalue weighted by Gasteiger charge is 2.02. The predicted molar refractivity (Wildman–Crippen MR) is 68.9 cm³/mol. The molecule has 0 bridgehead atoms. The molecule has 0 saturated carbocycles. The smallest absolute Gasteiger partial charge is 0.123 e. The largest absolute Gasteiger partial charge is 0.508 e. The Labute approximate surface area is 105 Å². The summed E-state index contributed by atoms with van der Waals surface area (Å²) in [5, 5.41) is 9.43. The maximum Gasteiger partial charge on any atom is 0.123 e. The number of hydrogen-bond donors (Lipinski definition) is 1. The lowest BCUT2D eigenvalue weighted by Gasteiger charge is -2.07. The lowest BCUT2D eigenvalue weighted by atomic mass is 10.2. The minimum Gasteiger partial charge on any atom is -0.508 e. The second kappa shape index (κ2) is 5.19. The molecule has 1 aromatic heterocycles. The number of rotatable bonds is 4. The molecule has 0 saturated heterocycles. The predicted octanol–water partition coefficient (Wildman–Crippen LogP) is 3.09. The Morgan fingerprint density at radius 3 is 2.76 bits per heavy atom. The molecule has 0 atom stereocenters. The Bertz CT molecular complexity index is 488. The van der Waals surface area contributed by atoms with E-state index >= 15 is 0 Å². The number of phenolic OH excluding ortho intramolecular Hbond substituents is 1. The van der Waals surface area contributed by atoms with E-state index in [0.29, 0.717) is 12.4 Å². The molecule has 0 amide bonds. The van der Waals surface area contributed by atoms with Crippen LogP contribution in [0.5, 0.6) is 11.5 Å². The first kappa shape index (κ1) is 11.9. The maximum absolute atomic E-state index is 9.43. The van der Waals surface area contributed by atoms with Gasteiger partial charge in [-0.25, -0.2) is 4.98 Å². The second-order valence-electron chi connectivity index (χ2n) is 3.96.